The van der Waals surface area contributed by atoms with Crippen LogP contribution in [0.4, 0.5) is 0 Å². The van der Waals surface area contributed by atoms with Gasteiger partial charge in [0.25, 0.3) is 0 Å². The summed E-state index contributed by atoms with van der Waals surface area (Å²) in [7, 11) is 0. The average molecular weight is 498 g/mol. The minimum absolute atomic E-state index is 0.0434. The maximum atomic E-state index is 13.1. The average Bonchev–Trinajstić information content (AvgIpc) is 3.28. The van der Waals surface area contributed by atoms with Gasteiger partial charge < -0.3 is 42.6 Å². The number of unbranched alkanes of at least 4 members (excludes halogenated alkanes) is 1. The van der Waals surface area contributed by atoms with Crippen molar-refractivity contribution in [3.05, 3.63) is 18.2 Å². The monoisotopic (exact) mass is 497 g/mol. The summed E-state index contributed by atoms with van der Waals surface area (Å²) >= 11 is 0. The molecule has 10 N–H and O–H groups in total. The van der Waals surface area contributed by atoms with E-state index in [1.807, 2.05) is 0 Å². The van der Waals surface area contributed by atoms with Crippen molar-refractivity contribution in [2.75, 3.05) is 6.54 Å². The van der Waals surface area contributed by atoms with Crippen molar-refractivity contribution in [1.29, 1.82) is 0 Å². The first kappa shape index (κ1) is 29.5. The molecule has 0 spiro atoms. The Kier molecular flexibility index (Phi) is 12.4. The van der Waals surface area contributed by atoms with E-state index in [0.29, 0.717) is 25.1 Å². The number of carboxylic acid groups (broad SMARTS) is 2. The van der Waals surface area contributed by atoms with Crippen molar-refractivity contribution < 1.29 is 34.2 Å². The number of amides is 3. The third-order valence-electron chi connectivity index (χ3n) is 5.15. The molecule has 0 aliphatic carbocycles. The summed E-state index contributed by atoms with van der Waals surface area (Å²) in [5, 5.41) is 25.7. The maximum Gasteiger partial charge on any atom is 0.326 e. The summed E-state index contributed by atoms with van der Waals surface area (Å²) in [6.07, 6.45) is 3.37. The SMILES string of the molecule is CC(C)C(NC(=O)C(CCCCN)NC(=O)C(Cc1cnc[nH]1)NC(=O)C(N)CC(=O)O)C(=O)O. The molecule has 0 aliphatic heterocycles. The molecule has 0 radical (unpaired) electrons. The molecule has 1 heterocycles. The lowest BCUT2D eigenvalue weighted by Crippen LogP contribution is -2.58. The van der Waals surface area contributed by atoms with Crippen molar-refractivity contribution in [2.45, 2.75) is 70.1 Å². The number of H-pyrrole nitrogens is 1. The van der Waals surface area contributed by atoms with Crippen LogP contribution in [0.25, 0.3) is 0 Å². The van der Waals surface area contributed by atoms with E-state index in [9.17, 15) is 29.1 Å². The summed E-state index contributed by atoms with van der Waals surface area (Å²) in [6.45, 7) is 3.64. The van der Waals surface area contributed by atoms with Crippen LogP contribution in [0.15, 0.2) is 12.5 Å². The number of hydrogen-bond donors (Lipinski definition) is 8. The van der Waals surface area contributed by atoms with Gasteiger partial charge >= 0.3 is 11.9 Å². The van der Waals surface area contributed by atoms with Crippen molar-refractivity contribution >= 4 is 29.7 Å². The molecule has 4 unspecified atom stereocenters. The highest BCUT2D eigenvalue weighted by Crippen LogP contribution is 2.07. The second kappa shape index (κ2) is 14.7. The van der Waals surface area contributed by atoms with Crippen molar-refractivity contribution in [1.82, 2.24) is 25.9 Å². The van der Waals surface area contributed by atoms with E-state index in [-0.39, 0.29) is 12.8 Å². The molecular weight excluding hydrogens is 462 g/mol. The Morgan fingerprint density at radius 1 is 1.00 bits per heavy atom. The Bertz CT molecular complexity index is 860. The number of nitrogens with two attached hydrogens (primary N) is 2. The highest BCUT2D eigenvalue weighted by molar-refractivity contribution is 5.94. The molecule has 0 saturated carbocycles. The number of rotatable bonds is 16. The van der Waals surface area contributed by atoms with E-state index in [2.05, 4.69) is 25.9 Å². The normalized spacial score (nSPS) is 14.4. The lowest BCUT2D eigenvalue weighted by molar-refractivity contribution is -0.143. The Morgan fingerprint density at radius 2 is 1.63 bits per heavy atom. The van der Waals surface area contributed by atoms with Crippen LogP contribution in [0.2, 0.25) is 0 Å². The fraction of sp³-hybridized carbons (Fsp3) is 0.619. The van der Waals surface area contributed by atoms with Gasteiger partial charge in [0, 0.05) is 18.3 Å². The fourth-order valence-electron chi connectivity index (χ4n) is 3.19. The number of aromatic amines is 1. The zero-order valence-electron chi connectivity index (χ0n) is 19.8. The first-order valence-corrected chi connectivity index (χ1v) is 11.2. The summed E-state index contributed by atoms with van der Waals surface area (Å²) in [5.41, 5.74) is 11.6. The van der Waals surface area contributed by atoms with Gasteiger partial charge in [0.05, 0.1) is 18.8 Å². The second-order valence-corrected chi connectivity index (χ2v) is 8.46. The first-order valence-electron chi connectivity index (χ1n) is 11.2. The van der Waals surface area contributed by atoms with Gasteiger partial charge in [0.2, 0.25) is 17.7 Å². The highest BCUT2D eigenvalue weighted by atomic mass is 16.4. The number of hydrogen-bond acceptors (Lipinski definition) is 8. The molecule has 1 rings (SSSR count). The van der Waals surface area contributed by atoms with E-state index < -0.39 is 66.2 Å². The lowest BCUT2D eigenvalue weighted by Gasteiger charge is -2.26. The standard InChI is InChI=1S/C21H35N7O7/c1-11(2)17(21(34)35)28-19(32)14(5-3-4-6-22)26-20(33)15(7-12-9-24-10-25-12)27-18(31)13(23)8-16(29)30/h9-11,13-15,17H,3-8,22-23H2,1-2H3,(H,24,25)(H,26,33)(H,27,31)(H,28,32)(H,29,30)(H,34,35). The maximum absolute atomic E-state index is 13.1. The van der Waals surface area contributed by atoms with Gasteiger partial charge in [0.1, 0.15) is 18.1 Å². The molecule has 1 aromatic heterocycles. The lowest BCUT2D eigenvalue weighted by atomic mass is 10.0. The molecule has 0 fully saturated rings. The predicted molar refractivity (Wildman–Crippen MR) is 124 cm³/mol. The molecule has 0 bridgehead atoms. The molecule has 14 nitrogen and oxygen atoms in total. The minimum atomic E-state index is -1.39. The zero-order valence-corrected chi connectivity index (χ0v) is 19.8. The van der Waals surface area contributed by atoms with Crippen LogP contribution in [-0.2, 0) is 30.4 Å². The number of aromatic nitrogens is 2. The number of carbonyl (C=O) groups is 5. The smallest absolute Gasteiger partial charge is 0.326 e. The molecule has 4 atom stereocenters. The van der Waals surface area contributed by atoms with E-state index in [1.54, 1.807) is 13.8 Å². The third-order valence-corrected chi connectivity index (χ3v) is 5.15. The molecular formula is C21H35N7O7. The summed E-state index contributed by atoms with van der Waals surface area (Å²) < 4.78 is 0. The molecule has 0 aliphatic rings. The Balaban J connectivity index is 3.05. The van der Waals surface area contributed by atoms with Crippen LogP contribution in [0.5, 0.6) is 0 Å². The van der Waals surface area contributed by atoms with Crippen molar-refractivity contribution in [2.24, 2.45) is 17.4 Å². The molecule has 3 amide bonds. The zero-order chi connectivity index (χ0) is 26.5. The van der Waals surface area contributed by atoms with Crippen LogP contribution >= 0.6 is 0 Å². The van der Waals surface area contributed by atoms with Gasteiger partial charge in [-0.05, 0) is 31.7 Å². The molecule has 1 aromatic rings. The number of carbonyl (C=O) groups excluding carboxylic acids is 3. The number of aliphatic carboxylic acids is 2. The molecule has 14 heteroatoms. The largest absolute Gasteiger partial charge is 0.481 e. The molecule has 0 aromatic carbocycles. The summed E-state index contributed by atoms with van der Waals surface area (Å²) in [5.74, 6) is -5.18. The van der Waals surface area contributed by atoms with Crippen LogP contribution in [0.3, 0.4) is 0 Å². The quantitative estimate of drug-likeness (QED) is 0.118. The van der Waals surface area contributed by atoms with Gasteiger partial charge in [-0.3, -0.25) is 19.2 Å². The summed E-state index contributed by atoms with van der Waals surface area (Å²) in [6, 6.07) is -4.86. The van der Waals surface area contributed by atoms with E-state index in [1.165, 1.54) is 12.5 Å². The number of nitrogens with zero attached hydrogens (tertiary/aromatic N) is 1. The number of imidazole rings is 1. The van der Waals surface area contributed by atoms with E-state index in [4.69, 9.17) is 16.6 Å². The first-order chi connectivity index (χ1) is 16.5. The van der Waals surface area contributed by atoms with Crippen LogP contribution in [-0.4, -0.2) is 80.6 Å². The topological polar surface area (TPSA) is 243 Å². The second-order valence-electron chi connectivity index (χ2n) is 8.46. The van der Waals surface area contributed by atoms with Gasteiger partial charge in [-0.1, -0.05) is 13.8 Å². The third kappa shape index (κ3) is 10.5. The van der Waals surface area contributed by atoms with E-state index in [0.717, 1.165) is 0 Å². The van der Waals surface area contributed by atoms with E-state index >= 15 is 0 Å². The Labute approximate surface area is 202 Å². The molecule has 196 valence electrons. The van der Waals surface area contributed by atoms with Gasteiger partial charge in [-0.25, -0.2) is 9.78 Å². The van der Waals surface area contributed by atoms with Crippen molar-refractivity contribution in [3.8, 4) is 0 Å². The van der Waals surface area contributed by atoms with Crippen molar-refractivity contribution in [3.63, 3.8) is 0 Å². The Hall–Kier alpha value is -3.52. The highest BCUT2D eigenvalue weighted by Gasteiger charge is 2.31. The van der Waals surface area contributed by atoms with Gasteiger partial charge in [-0.15, -0.1) is 0 Å². The number of carboxylic acids is 2. The van der Waals surface area contributed by atoms with Gasteiger partial charge in [0.15, 0.2) is 0 Å². The minimum Gasteiger partial charge on any atom is -0.481 e. The Morgan fingerprint density at radius 3 is 2.14 bits per heavy atom. The molecule has 0 saturated heterocycles. The fourth-order valence-corrected chi connectivity index (χ4v) is 3.19. The van der Waals surface area contributed by atoms with Crippen LogP contribution in [0.1, 0.15) is 45.2 Å². The summed E-state index contributed by atoms with van der Waals surface area (Å²) in [4.78, 5) is 67.4. The predicted octanol–water partition coefficient (Wildman–Crippen LogP) is -1.92. The number of nitrogens with one attached hydrogen (secondary N) is 4. The molecule has 35 heavy (non-hydrogen) atoms. The van der Waals surface area contributed by atoms with Gasteiger partial charge in [-0.2, -0.15) is 0 Å². The van der Waals surface area contributed by atoms with Crippen LogP contribution in [0, 0.1) is 5.92 Å². The van der Waals surface area contributed by atoms with Crippen LogP contribution < -0.4 is 27.4 Å².